The second-order valence-electron chi connectivity index (χ2n) is 7.64. The molecule has 0 N–H and O–H groups in total. The van der Waals surface area contributed by atoms with Gasteiger partial charge in [0.1, 0.15) is 0 Å². The maximum atomic E-state index is 11.4. The molecule has 1 heterocycles. The van der Waals surface area contributed by atoms with Crippen molar-refractivity contribution in [1.82, 2.24) is 4.98 Å². The number of nitrogens with zero attached hydrogens (tertiary/aromatic N) is 1. The highest BCUT2D eigenvalue weighted by Gasteiger charge is 2.23. The fourth-order valence-corrected chi connectivity index (χ4v) is 4.54. The Morgan fingerprint density at radius 2 is 1.83 bits per heavy atom. The number of benzene rings is 3. The third kappa shape index (κ3) is 3.09. The molecule has 1 aliphatic carbocycles. The van der Waals surface area contributed by atoms with Crippen molar-refractivity contribution in [3.05, 3.63) is 65.7 Å². The number of hydrogen-bond donors (Lipinski definition) is 0. The summed E-state index contributed by atoms with van der Waals surface area (Å²) in [6.07, 6.45) is 3.22. The number of pyridine rings is 1. The lowest BCUT2D eigenvalue weighted by Gasteiger charge is -2.15. The van der Waals surface area contributed by atoms with Gasteiger partial charge in [-0.25, -0.2) is 4.98 Å². The highest BCUT2D eigenvalue weighted by molar-refractivity contribution is 6.09. The van der Waals surface area contributed by atoms with Crippen molar-refractivity contribution in [2.45, 2.75) is 33.1 Å². The van der Waals surface area contributed by atoms with E-state index in [9.17, 15) is 4.79 Å². The molecule has 4 aromatic rings. The Kier molecular flexibility index (Phi) is 4.62. The summed E-state index contributed by atoms with van der Waals surface area (Å²) in [4.78, 5) is 16.5. The molecule has 0 radical (unpaired) electrons. The lowest BCUT2D eigenvalue weighted by Crippen LogP contribution is -2.04. The monoisotopic (exact) mass is 397 g/mol. The van der Waals surface area contributed by atoms with Crippen molar-refractivity contribution in [3.8, 4) is 22.8 Å². The second-order valence-corrected chi connectivity index (χ2v) is 7.64. The molecule has 5 rings (SSSR count). The molecule has 1 aliphatic rings. The first-order valence-corrected chi connectivity index (χ1v) is 10.4. The molecule has 0 saturated heterocycles. The molecule has 4 heteroatoms. The summed E-state index contributed by atoms with van der Waals surface area (Å²) in [6.45, 7) is 3.81. The van der Waals surface area contributed by atoms with Gasteiger partial charge in [0.15, 0.2) is 11.5 Å². The summed E-state index contributed by atoms with van der Waals surface area (Å²) < 4.78 is 11.1. The topological polar surface area (TPSA) is 48.4 Å². The number of hydrogen-bond acceptors (Lipinski definition) is 4. The van der Waals surface area contributed by atoms with Gasteiger partial charge in [0.25, 0.3) is 0 Å². The average molecular weight is 397 g/mol. The van der Waals surface area contributed by atoms with Crippen molar-refractivity contribution in [1.29, 1.82) is 0 Å². The van der Waals surface area contributed by atoms with Gasteiger partial charge in [-0.1, -0.05) is 30.3 Å². The number of aryl methyl sites for hydroxylation is 1. The van der Waals surface area contributed by atoms with Crippen LogP contribution in [-0.2, 0) is 17.6 Å². The van der Waals surface area contributed by atoms with E-state index >= 15 is 0 Å². The second kappa shape index (κ2) is 7.45. The molecule has 150 valence electrons. The molecule has 1 aromatic heterocycles. The Morgan fingerprint density at radius 3 is 2.67 bits per heavy atom. The molecule has 0 spiro atoms. The maximum absolute atomic E-state index is 11.4. The van der Waals surface area contributed by atoms with Gasteiger partial charge in [-0.15, -0.1) is 0 Å². The lowest BCUT2D eigenvalue weighted by molar-refractivity contribution is -0.132. The van der Waals surface area contributed by atoms with E-state index in [2.05, 4.69) is 36.4 Å². The first-order valence-electron chi connectivity index (χ1n) is 10.4. The number of fused-ring (bicyclic) bond motifs is 5. The van der Waals surface area contributed by atoms with Gasteiger partial charge < -0.3 is 9.47 Å². The highest BCUT2D eigenvalue weighted by Crippen LogP contribution is 2.40. The first kappa shape index (κ1) is 18.6. The largest absolute Gasteiger partial charge is 0.490 e. The van der Waals surface area contributed by atoms with E-state index in [1.807, 2.05) is 19.1 Å². The van der Waals surface area contributed by atoms with Crippen LogP contribution in [0, 0.1) is 0 Å². The van der Waals surface area contributed by atoms with E-state index in [0.29, 0.717) is 18.1 Å². The zero-order valence-electron chi connectivity index (χ0n) is 17.2. The van der Waals surface area contributed by atoms with Gasteiger partial charge in [0, 0.05) is 17.9 Å². The zero-order chi connectivity index (χ0) is 20.7. The van der Waals surface area contributed by atoms with Crippen LogP contribution in [0.25, 0.3) is 32.9 Å². The molecular weight excluding hydrogens is 374 g/mol. The first-order chi connectivity index (χ1) is 14.7. The van der Waals surface area contributed by atoms with Crippen LogP contribution in [0.4, 0.5) is 0 Å². The van der Waals surface area contributed by atoms with Crippen molar-refractivity contribution in [2.75, 3.05) is 6.61 Å². The molecule has 0 saturated carbocycles. The Hall–Kier alpha value is -3.40. The van der Waals surface area contributed by atoms with Crippen molar-refractivity contribution < 1.29 is 14.3 Å². The minimum atomic E-state index is -0.361. The van der Waals surface area contributed by atoms with Crippen LogP contribution in [0.1, 0.15) is 31.4 Å². The fourth-order valence-electron chi connectivity index (χ4n) is 4.54. The lowest BCUT2D eigenvalue weighted by atomic mass is 9.95. The molecule has 30 heavy (non-hydrogen) atoms. The van der Waals surface area contributed by atoms with Crippen LogP contribution < -0.4 is 9.47 Å². The molecule has 4 nitrogen and oxygen atoms in total. The normalized spacial score (nSPS) is 12.9. The quantitative estimate of drug-likeness (QED) is 0.246. The number of carbonyl (C=O) groups excluding carboxylic acids is 1. The van der Waals surface area contributed by atoms with Gasteiger partial charge in [-0.05, 0) is 72.4 Å². The summed E-state index contributed by atoms with van der Waals surface area (Å²) in [5, 5.41) is 3.80. The van der Waals surface area contributed by atoms with Crippen LogP contribution in [-0.4, -0.2) is 17.6 Å². The fraction of sp³-hybridized carbons (Fsp3) is 0.231. The van der Waals surface area contributed by atoms with Crippen LogP contribution in [0.3, 0.4) is 0 Å². The number of rotatable bonds is 4. The third-order valence-corrected chi connectivity index (χ3v) is 5.72. The van der Waals surface area contributed by atoms with Crippen LogP contribution >= 0.6 is 0 Å². The van der Waals surface area contributed by atoms with E-state index in [0.717, 1.165) is 36.0 Å². The van der Waals surface area contributed by atoms with E-state index in [-0.39, 0.29) is 5.97 Å². The SMILES string of the molecule is CCOc1cc(-c2nc3ccc4ccccc4c3c3c2CCC3)ccc1OC(C)=O. The van der Waals surface area contributed by atoms with Gasteiger partial charge >= 0.3 is 5.97 Å². The van der Waals surface area contributed by atoms with E-state index in [4.69, 9.17) is 14.5 Å². The molecule has 0 fully saturated rings. The molecule has 0 atom stereocenters. The standard InChI is InChI=1S/C26H23NO3/c1-3-29-24-15-18(12-14-23(24)30-16(2)28)26-21-10-6-9-20(21)25-19-8-5-4-7-17(19)11-13-22(25)27-26/h4-5,7-8,11-15H,3,6,9-10H2,1-2H3. The number of esters is 1. The Labute approximate surface area is 175 Å². The molecule has 0 amide bonds. The summed E-state index contributed by atoms with van der Waals surface area (Å²) in [5.41, 5.74) is 5.74. The minimum Gasteiger partial charge on any atom is -0.490 e. The van der Waals surface area contributed by atoms with Crippen LogP contribution in [0.5, 0.6) is 11.5 Å². The van der Waals surface area contributed by atoms with E-state index < -0.39 is 0 Å². The molecule has 0 unspecified atom stereocenters. The van der Waals surface area contributed by atoms with E-state index in [1.165, 1.54) is 34.2 Å². The maximum Gasteiger partial charge on any atom is 0.308 e. The highest BCUT2D eigenvalue weighted by atomic mass is 16.6. The summed E-state index contributed by atoms with van der Waals surface area (Å²) >= 11 is 0. The summed E-state index contributed by atoms with van der Waals surface area (Å²) in [5.74, 6) is 0.647. The Morgan fingerprint density at radius 1 is 1.00 bits per heavy atom. The predicted molar refractivity (Wildman–Crippen MR) is 119 cm³/mol. The summed E-state index contributed by atoms with van der Waals surface area (Å²) in [7, 11) is 0. The number of carbonyl (C=O) groups is 1. The van der Waals surface area contributed by atoms with Crippen LogP contribution in [0.15, 0.2) is 54.6 Å². The van der Waals surface area contributed by atoms with Crippen molar-refractivity contribution in [2.24, 2.45) is 0 Å². The average Bonchev–Trinajstić information content (AvgIpc) is 3.24. The Bertz CT molecular complexity index is 1290. The third-order valence-electron chi connectivity index (χ3n) is 5.72. The van der Waals surface area contributed by atoms with Gasteiger partial charge in [-0.2, -0.15) is 0 Å². The molecular formula is C26H23NO3. The van der Waals surface area contributed by atoms with Gasteiger partial charge in [-0.3, -0.25) is 4.79 Å². The Balaban J connectivity index is 1.73. The smallest absolute Gasteiger partial charge is 0.308 e. The molecule has 3 aromatic carbocycles. The predicted octanol–water partition coefficient (Wildman–Crippen LogP) is 5.87. The van der Waals surface area contributed by atoms with Crippen molar-refractivity contribution in [3.63, 3.8) is 0 Å². The zero-order valence-corrected chi connectivity index (χ0v) is 17.2. The number of aromatic nitrogens is 1. The summed E-state index contributed by atoms with van der Waals surface area (Å²) in [6, 6.07) is 18.5. The van der Waals surface area contributed by atoms with Crippen molar-refractivity contribution >= 4 is 27.6 Å². The molecule has 0 bridgehead atoms. The van der Waals surface area contributed by atoms with E-state index in [1.54, 1.807) is 6.07 Å². The minimum absolute atomic E-state index is 0.361. The number of ether oxygens (including phenoxy) is 2. The van der Waals surface area contributed by atoms with Gasteiger partial charge in [0.2, 0.25) is 0 Å². The van der Waals surface area contributed by atoms with Gasteiger partial charge in [0.05, 0.1) is 17.8 Å². The van der Waals surface area contributed by atoms with Crippen LogP contribution in [0.2, 0.25) is 0 Å². The molecule has 0 aliphatic heterocycles.